The Balaban J connectivity index is 1.69. The van der Waals surface area contributed by atoms with Gasteiger partial charge in [-0.3, -0.25) is 9.78 Å². The lowest BCUT2D eigenvalue weighted by atomic mass is 10.0. The van der Waals surface area contributed by atoms with Crippen molar-refractivity contribution in [1.82, 2.24) is 14.3 Å². The number of sulfonamides is 1. The molecule has 3 aromatic heterocycles. The molecule has 0 amide bonds. The second-order valence-electron chi connectivity index (χ2n) is 6.35. The summed E-state index contributed by atoms with van der Waals surface area (Å²) in [5.74, 6) is 0. The van der Waals surface area contributed by atoms with E-state index in [1.807, 2.05) is 22.9 Å². The van der Waals surface area contributed by atoms with Crippen LogP contribution in [0.15, 0.2) is 69.2 Å². The van der Waals surface area contributed by atoms with Crippen LogP contribution >= 0.6 is 22.7 Å². The van der Waals surface area contributed by atoms with E-state index in [1.165, 1.54) is 10.6 Å². The van der Waals surface area contributed by atoms with Gasteiger partial charge in [0.05, 0.1) is 21.2 Å². The lowest BCUT2D eigenvalue weighted by Crippen LogP contribution is -2.30. The molecule has 9 heteroatoms. The van der Waals surface area contributed by atoms with E-state index < -0.39 is 16.1 Å². The fraction of sp³-hybridized carbons (Fsp3) is 0.158. The minimum atomic E-state index is -3.78. The van der Waals surface area contributed by atoms with Gasteiger partial charge in [0.2, 0.25) is 10.0 Å². The summed E-state index contributed by atoms with van der Waals surface area (Å²) in [7, 11) is -2.11. The molecular formula is C19H17N3O3S3. The summed E-state index contributed by atoms with van der Waals surface area (Å²) in [4.78, 5) is 16.0. The highest BCUT2D eigenvalue weighted by Crippen LogP contribution is 2.25. The Labute approximate surface area is 170 Å². The van der Waals surface area contributed by atoms with Crippen LogP contribution < -0.4 is 9.60 Å². The van der Waals surface area contributed by atoms with Crippen molar-refractivity contribution in [3.63, 3.8) is 0 Å². The van der Waals surface area contributed by atoms with Crippen molar-refractivity contribution in [2.75, 3.05) is 0 Å². The highest BCUT2D eigenvalue weighted by atomic mass is 32.2. The van der Waals surface area contributed by atoms with Gasteiger partial charge >= 0.3 is 4.87 Å². The third-order valence-corrected chi connectivity index (χ3v) is 7.67. The molecule has 0 fully saturated rings. The first-order valence-electron chi connectivity index (χ1n) is 8.47. The Morgan fingerprint density at radius 1 is 1.25 bits per heavy atom. The first kappa shape index (κ1) is 19.0. The van der Waals surface area contributed by atoms with E-state index in [-0.39, 0.29) is 9.77 Å². The van der Waals surface area contributed by atoms with Gasteiger partial charge in [0.15, 0.2) is 0 Å². The van der Waals surface area contributed by atoms with Crippen molar-refractivity contribution < 1.29 is 8.42 Å². The van der Waals surface area contributed by atoms with Gasteiger partial charge in [-0.25, -0.2) is 13.1 Å². The summed E-state index contributed by atoms with van der Waals surface area (Å²) in [6, 6.07) is 9.93. The first-order valence-corrected chi connectivity index (χ1v) is 11.7. The van der Waals surface area contributed by atoms with Crippen LogP contribution in [0.4, 0.5) is 0 Å². The minimum absolute atomic E-state index is 0.122. The third-order valence-electron chi connectivity index (χ3n) is 4.48. The first-order chi connectivity index (χ1) is 13.4. The molecule has 0 aliphatic carbocycles. The molecule has 1 unspecified atom stereocenters. The number of aromatic nitrogens is 2. The number of hydrogen-bond donors (Lipinski definition) is 1. The Morgan fingerprint density at radius 3 is 2.82 bits per heavy atom. The predicted octanol–water partition coefficient (Wildman–Crippen LogP) is 3.32. The Hall–Kier alpha value is -2.33. The maximum atomic E-state index is 13.1. The van der Waals surface area contributed by atoms with Gasteiger partial charge in [-0.15, -0.1) is 0 Å². The molecule has 0 saturated heterocycles. The summed E-state index contributed by atoms with van der Waals surface area (Å²) < 4.78 is 31.1. The van der Waals surface area contributed by atoms with E-state index in [1.54, 1.807) is 49.0 Å². The van der Waals surface area contributed by atoms with Crippen molar-refractivity contribution in [2.24, 2.45) is 7.05 Å². The molecule has 28 heavy (non-hydrogen) atoms. The smallest absolute Gasteiger partial charge is 0.302 e. The van der Waals surface area contributed by atoms with Crippen molar-refractivity contribution in [3.8, 4) is 0 Å². The van der Waals surface area contributed by atoms with Crippen molar-refractivity contribution >= 4 is 42.9 Å². The van der Waals surface area contributed by atoms with E-state index in [9.17, 15) is 13.2 Å². The Bertz CT molecular complexity index is 1260. The van der Waals surface area contributed by atoms with E-state index in [0.29, 0.717) is 11.1 Å². The van der Waals surface area contributed by atoms with Crippen LogP contribution in [0.5, 0.6) is 0 Å². The second kappa shape index (κ2) is 7.59. The molecule has 0 bridgehead atoms. The highest BCUT2D eigenvalue weighted by Gasteiger charge is 2.23. The van der Waals surface area contributed by atoms with Gasteiger partial charge in [0, 0.05) is 19.4 Å². The largest absolute Gasteiger partial charge is 0.307 e. The predicted molar refractivity (Wildman–Crippen MR) is 112 cm³/mol. The van der Waals surface area contributed by atoms with Crippen molar-refractivity contribution in [1.29, 1.82) is 0 Å². The number of pyridine rings is 1. The van der Waals surface area contributed by atoms with Crippen LogP contribution in [0.25, 0.3) is 10.2 Å². The standard InChI is InChI=1S/C19H17N3O3S3/c1-22-17-5-4-15(10-18(17)27-19(22)23)28(24,25)21-16(9-13-6-8-26-12-13)14-3-2-7-20-11-14/h2-8,10-12,16,21H,9H2,1H3. The van der Waals surface area contributed by atoms with E-state index in [0.717, 1.165) is 28.0 Å². The number of aryl methyl sites for hydroxylation is 1. The summed E-state index contributed by atoms with van der Waals surface area (Å²) in [5.41, 5.74) is 2.57. The van der Waals surface area contributed by atoms with Crippen LogP contribution in [0, 0.1) is 0 Å². The quantitative estimate of drug-likeness (QED) is 0.508. The summed E-state index contributed by atoms with van der Waals surface area (Å²) >= 11 is 2.61. The number of hydrogen-bond acceptors (Lipinski definition) is 6. The summed E-state index contributed by atoms with van der Waals surface area (Å²) in [6.45, 7) is 0. The zero-order valence-corrected chi connectivity index (χ0v) is 17.4. The van der Waals surface area contributed by atoms with Crippen LogP contribution in [0.3, 0.4) is 0 Å². The molecule has 6 nitrogen and oxygen atoms in total. The van der Waals surface area contributed by atoms with Crippen molar-refractivity contribution in [2.45, 2.75) is 17.4 Å². The molecule has 0 radical (unpaired) electrons. The fourth-order valence-corrected chi connectivity index (χ4v) is 5.92. The number of nitrogens with one attached hydrogen (secondary N) is 1. The zero-order chi connectivity index (χ0) is 19.7. The number of fused-ring (bicyclic) bond motifs is 1. The maximum Gasteiger partial charge on any atom is 0.307 e. The second-order valence-corrected chi connectivity index (χ2v) is 9.84. The minimum Gasteiger partial charge on any atom is -0.302 e. The van der Waals surface area contributed by atoms with Gasteiger partial charge in [-0.2, -0.15) is 11.3 Å². The molecule has 0 saturated carbocycles. The average Bonchev–Trinajstić information content (AvgIpc) is 3.30. The number of thiazole rings is 1. The van der Waals surface area contributed by atoms with Gasteiger partial charge in [-0.1, -0.05) is 17.4 Å². The number of thiophene rings is 1. The average molecular weight is 432 g/mol. The lowest BCUT2D eigenvalue weighted by molar-refractivity contribution is 0.554. The molecule has 1 atom stereocenters. The molecule has 4 rings (SSSR count). The monoisotopic (exact) mass is 431 g/mol. The van der Waals surface area contributed by atoms with Crippen LogP contribution in [-0.4, -0.2) is 18.0 Å². The lowest BCUT2D eigenvalue weighted by Gasteiger charge is -2.18. The molecule has 1 aromatic carbocycles. The third kappa shape index (κ3) is 3.79. The fourth-order valence-electron chi connectivity index (χ4n) is 2.99. The molecule has 4 aromatic rings. The van der Waals surface area contributed by atoms with Crippen LogP contribution in [0.1, 0.15) is 17.2 Å². The van der Waals surface area contributed by atoms with E-state index in [2.05, 4.69) is 9.71 Å². The van der Waals surface area contributed by atoms with Gasteiger partial charge in [0.1, 0.15) is 0 Å². The molecule has 0 spiro atoms. The van der Waals surface area contributed by atoms with E-state index in [4.69, 9.17) is 0 Å². The van der Waals surface area contributed by atoms with Gasteiger partial charge in [0.25, 0.3) is 0 Å². The maximum absolute atomic E-state index is 13.1. The number of rotatable bonds is 6. The molecule has 0 aliphatic heterocycles. The molecule has 144 valence electrons. The van der Waals surface area contributed by atoms with Gasteiger partial charge < -0.3 is 4.57 Å². The summed E-state index contributed by atoms with van der Waals surface area (Å²) in [6.07, 6.45) is 3.85. The normalized spacial score (nSPS) is 13.0. The summed E-state index contributed by atoms with van der Waals surface area (Å²) in [5, 5.41) is 3.97. The zero-order valence-electron chi connectivity index (χ0n) is 14.9. The number of nitrogens with zero attached hydrogens (tertiary/aromatic N) is 2. The molecule has 0 aliphatic rings. The Morgan fingerprint density at radius 2 is 2.11 bits per heavy atom. The van der Waals surface area contributed by atoms with Crippen LogP contribution in [-0.2, 0) is 23.5 Å². The molecular weight excluding hydrogens is 414 g/mol. The van der Waals surface area contributed by atoms with Crippen LogP contribution in [0.2, 0.25) is 0 Å². The molecule has 1 N–H and O–H groups in total. The SMILES string of the molecule is Cn1c(=O)sc2cc(S(=O)(=O)NC(Cc3ccsc3)c3cccnc3)ccc21. The highest BCUT2D eigenvalue weighted by molar-refractivity contribution is 7.89. The van der Waals surface area contributed by atoms with E-state index >= 15 is 0 Å². The number of benzene rings is 1. The van der Waals surface area contributed by atoms with Gasteiger partial charge in [-0.05, 0) is 58.6 Å². The van der Waals surface area contributed by atoms with Crippen molar-refractivity contribution in [3.05, 3.63) is 80.3 Å². The topological polar surface area (TPSA) is 81.1 Å². The molecule has 3 heterocycles. The Kier molecular flexibility index (Phi) is 5.15.